The Kier molecular flexibility index (Phi) is 5.03. The Morgan fingerprint density at radius 3 is 2.59 bits per heavy atom. The molecule has 4 rings (SSSR count). The number of carbonyl (C=O) groups excluding carboxylic acids is 1. The standard InChI is InChI=1S/C22H24N4O/c1-18-9-10-21-23-20(17-26(21)16-18)22(27)25-14-12-24(13-15-25)11-5-8-19-6-3-2-4-7-19/h2-10,16-17H,11-15H2,1H3. The van der Waals surface area contributed by atoms with Crippen molar-refractivity contribution in [2.24, 2.45) is 0 Å². The Bertz CT molecular complexity index is 953. The van der Waals surface area contributed by atoms with Crippen LogP contribution in [0.25, 0.3) is 11.7 Å². The predicted octanol–water partition coefficient (Wildman–Crippen LogP) is 3.11. The van der Waals surface area contributed by atoms with Crippen LogP contribution in [0.3, 0.4) is 0 Å². The van der Waals surface area contributed by atoms with E-state index in [0.29, 0.717) is 5.69 Å². The van der Waals surface area contributed by atoms with Crippen molar-refractivity contribution in [2.75, 3.05) is 32.7 Å². The number of carbonyl (C=O) groups is 1. The molecule has 1 amide bonds. The zero-order valence-electron chi connectivity index (χ0n) is 15.6. The lowest BCUT2D eigenvalue weighted by atomic mass is 10.2. The highest BCUT2D eigenvalue weighted by atomic mass is 16.2. The van der Waals surface area contributed by atoms with E-state index in [4.69, 9.17) is 0 Å². The van der Waals surface area contributed by atoms with Gasteiger partial charge in [0.2, 0.25) is 0 Å². The molecule has 1 saturated heterocycles. The van der Waals surface area contributed by atoms with Gasteiger partial charge in [-0.2, -0.15) is 0 Å². The Labute approximate surface area is 159 Å². The maximum Gasteiger partial charge on any atom is 0.274 e. The number of fused-ring (bicyclic) bond motifs is 1. The highest BCUT2D eigenvalue weighted by Gasteiger charge is 2.23. The van der Waals surface area contributed by atoms with Crippen LogP contribution < -0.4 is 0 Å². The van der Waals surface area contributed by atoms with Gasteiger partial charge in [0, 0.05) is 45.1 Å². The summed E-state index contributed by atoms with van der Waals surface area (Å²) in [6, 6.07) is 14.3. The number of pyridine rings is 1. The number of hydrogen-bond donors (Lipinski definition) is 0. The molecule has 1 aliphatic rings. The van der Waals surface area contributed by atoms with Gasteiger partial charge in [-0.05, 0) is 24.1 Å². The number of aromatic nitrogens is 2. The molecule has 0 saturated carbocycles. The minimum absolute atomic E-state index is 0.0239. The van der Waals surface area contributed by atoms with Crippen molar-refractivity contribution in [1.29, 1.82) is 0 Å². The smallest absolute Gasteiger partial charge is 0.274 e. The zero-order valence-corrected chi connectivity index (χ0v) is 15.6. The first-order chi connectivity index (χ1) is 13.2. The van der Waals surface area contributed by atoms with Crippen LogP contribution in [-0.2, 0) is 0 Å². The van der Waals surface area contributed by atoms with Crippen LogP contribution in [-0.4, -0.2) is 57.8 Å². The van der Waals surface area contributed by atoms with Gasteiger partial charge in [0.15, 0.2) is 0 Å². The number of piperazine rings is 1. The van der Waals surface area contributed by atoms with E-state index >= 15 is 0 Å². The second kappa shape index (κ2) is 7.76. The number of aryl methyl sites for hydroxylation is 1. The van der Waals surface area contributed by atoms with Gasteiger partial charge < -0.3 is 9.30 Å². The summed E-state index contributed by atoms with van der Waals surface area (Å²) in [6.45, 7) is 6.20. The van der Waals surface area contributed by atoms with Gasteiger partial charge in [-0.1, -0.05) is 48.6 Å². The summed E-state index contributed by atoms with van der Waals surface area (Å²) in [5, 5.41) is 0. The van der Waals surface area contributed by atoms with Crippen molar-refractivity contribution in [3.05, 3.63) is 77.8 Å². The summed E-state index contributed by atoms with van der Waals surface area (Å²) in [6.07, 6.45) is 8.17. The number of nitrogens with zero attached hydrogens (tertiary/aromatic N) is 4. The second-order valence-electron chi connectivity index (χ2n) is 7.00. The van der Waals surface area contributed by atoms with Gasteiger partial charge in [-0.15, -0.1) is 0 Å². The minimum Gasteiger partial charge on any atom is -0.335 e. The molecule has 1 aromatic carbocycles. The van der Waals surface area contributed by atoms with Gasteiger partial charge >= 0.3 is 0 Å². The molecule has 0 radical (unpaired) electrons. The van der Waals surface area contributed by atoms with E-state index in [9.17, 15) is 4.79 Å². The maximum atomic E-state index is 12.8. The van der Waals surface area contributed by atoms with Crippen LogP contribution >= 0.6 is 0 Å². The topological polar surface area (TPSA) is 40.9 Å². The first-order valence-electron chi connectivity index (χ1n) is 9.38. The van der Waals surface area contributed by atoms with Gasteiger partial charge in [0.1, 0.15) is 11.3 Å². The predicted molar refractivity (Wildman–Crippen MR) is 108 cm³/mol. The Hall–Kier alpha value is -2.92. The molecule has 5 heteroatoms. The second-order valence-corrected chi connectivity index (χ2v) is 7.00. The molecule has 2 aromatic heterocycles. The largest absolute Gasteiger partial charge is 0.335 e. The number of hydrogen-bond acceptors (Lipinski definition) is 3. The summed E-state index contributed by atoms with van der Waals surface area (Å²) in [7, 11) is 0. The van der Waals surface area contributed by atoms with Crippen LogP contribution in [0, 0.1) is 6.92 Å². The monoisotopic (exact) mass is 360 g/mol. The summed E-state index contributed by atoms with van der Waals surface area (Å²) in [4.78, 5) is 21.5. The minimum atomic E-state index is 0.0239. The number of rotatable bonds is 4. The highest BCUT2D eigenvalue weighted by molar-refractivity contribution is 5.93. The van der Waals surface area contributed by atoms with Crippen molar-refractivity contribution < 1.29 is 4.79 Å². The van der Waals surface area contributed by atoms with Gasteiger partial charge in [0.05, 0.1) is 0 Å². The quantitative estimate of drug-likeness (QED) is 0.718. The lowest BCUT2D eigenvalue weighted by molar-refractivity contribution is 0.0645. The Balaban J connectivity index is 1.33. The average molecular weight is 360 g/mol. The van der Waals surface area contributed by atoms with E-state index in [-0.39, 0.29) is 5.91 Å². The molecule has 1 aliphatic heterocycles. The Morgan fingerprint density at radius 2 is 1.81 bits per heavy atom. The molecule has 0 bridgehead atoms. The van der Waals surface area contributed by atoms with Crippen LogP contribution in [0.15, 0.2) is 60.9 Å². The molecule has 27 heavy (non-hydrogen) atoms. The molecule has 0 unspecified atom stereocenters. The van der Waals surface area contributed by atoms with E-state index < -0.39 is 0 Å². The number of imidazole rings is 1. The highest BCUT2D eigenvalue weighted by Crippen LogP contribution is 2.12. The molecule has 3 aromatic rings. The van der Waals surface area contributed by atoms with Crippen molar-refractivity contribution >= 4 is 17.6 Å². The lowest BCUT2D eigenvalue weighted by Gasteiger charge is -2.33. The fourth-order valence-electron chi connectivity index (χ4n) is 3.40. The van der Waals surface area contributed by atoms with Gasteiger partial charge in [-0.3, -0.25) is 9.69 Å². The number of amides is 1. The van der Waals surface area contributed by atoms with E-state index in [1.807, 2.05) is 58.9 Å². The summed E-state index contributed by atoms with van der Waals surface area (Å²) in [5.41, 5.74) is 3.70. The third-order valence-corrected chi connectivity index (χ3v) is 4.95. The SMILES string of the molecule is Cc1ccc2nc(C(=O)N3CCN(CC=Cc4ccccc4)CC3)cn2c1. The van der Waals surface area contributed by atoms with Gasteiger partial charge in [-0.25, -0.2) is 4.98 Å². The van der Waals surface area contributed by atoms with Crippen molar-refractivity contribution in [3.63, 3.8) is 0 Å². The van der Waals surface area contributed by atoms with Crippen LogP contribution in [0.2, 0.25) is 0 Å². The van der Waals surface area contributed by atoms with E-state index in [2.05, 4.69) is 34.2 Å². The maximum absolute atomic E-state index is 12.8. The van der Waals surface area contributed by atoms with E-state index in [1.54, 1.807) is 0 Å². The van der Waals surface area contributed by atoms with Crippen LogP contribution in [0.1, 0.15) is 21.6 Å². The molecule has 0 N–H and O–H groups in total. The van der Waals surface area contributed by atoms with Crippen LogP contribution in [0.5, 0.6) is 0 Å². The first-order valence-corrected chi connectivity index (χ1v) is 9.38. The van der Waals surface area contributed by atoms with Crippen molar-refractivity contribution in [1.82, 2.24) is 19.2 Å². The molecule has 138 valence electrons. The van der Waals surface area contributed by atoms with E-state index in [0.717, 1.165) is 43.9 Å². The zero-order chi connectivity index (χ0) is 18.6. The number of benzene rings is 1. The van der Waals surface area contributed by atoms with Crippen molar-refractivity contribution in [3.8, 4) is 0 Å². The van der Waals surface area contributed by atoms with Crippen LogP contribution in [0.4, 0.5) is 0 Å². The molecule has 3 heterocycles. The summed E-state index contributed by atoms with van der Waals surface area (Å²) < 4.78 is 1.92. The molecular formula is C22H24N4O. The van der Waals surface area contributed by atoms with Crippen molar-refractivity contribution in [2.45, 2.75) is 6.92 Å². The lowest BCUT2D eigenvalue weighted by Crippen LogP contribution is -2.48. The summed E-state index contributed by atoms with van der Waals surface area (Å²) >= 11 is 0. The normalized spacial score (nSPS) is 15.7. The fraction of sp³-hybridized carbons (Fsp3) is 0.273. The molecule has 5 nitrogen and oxygen atoms in total. The van der Waals surface area contributed by atoms with E-state index in [1.165, 1.54) is 5.56 Å². The average Bonchev–Trinajstić information content (AvgIpc) is 3.12. The molecule has 0 spiro atoms. The molecular weight excluding hydrogens is 336 g/mol. The Morgan fingerprint density at radius 1 is 1.04 bits per heavy atom. The first kappa shape index (κ1) is 17.5. The molecule has 0 aliphatic carbocycles. The fourth-order valence-corrected chi connectivity index (χ4v) is 3.40. The molecule has 1 fully saturated rings. The van der Waals surface area contributed by atoms with Gasteiger partial charge in [0.25, 0.3) is 5.91 Å². The summed E-state index contributed by atoms with van der Waals surface area (Å²) in [5.74, 6) is 0.0239. The third-order valence-electron chi connectivity index (χ3n) is 4.95. The third kappa shape index (κ3) is 4.09. The molecule has 0 atom stereocenters.